The Morgan fingerprint density at radius 1 is 1.13 bits per heavy atom. The van der Waals surface area contributed by atoms with Gasteiger partial charge in [-0.15, -0.1) is 21.5 Å². The molecule has 0 spiro atoms. The largest absolute Gasteiger partial charge is 0.424 e. The predicted octanol–water partition coefficient (Wildman–Crippen LogP) is 3.77. The molecule has 1 aliphatic carbocycles. The number of rotatable bonds is 8. The zero-order valence-electron chi connectivity index (χ0n) is 17.1. The maximum Gasteiger partial charge on any atom is 0.229 e. The average Bonchev–Trinajstić information content (AvgIpc) is 3.18. The molecule has 1 aliphatic rings. The molecule has 2 aromatic heterocycles. The summed E-state index contributed by atoms with van der Waals surface area (Å²) in [6, 6.07) is 16.6. The molecule has 1 fully saturated rings. The number of benzene rings is 2. The summed E-state index contributed by atoms with van der Waals surface area (Å²) >= 11 is 1.61. The number of thiazole rings is 1. The number of carbonyl (C=O) groups excluding carboxylic acids is 1. The summed E-state index contributed by atoms with van der Waals surface area (Å²) < 4.78 is 12.0. The molecule has 1 N–H and O–H groups in total. The molecule has 0 bridgehead atoms. The maximum atomic E-state index is 12.3. The first-order chi connectivity index (χ1) is 15.1. The van der Waals surface area contributed by atoms with Gasteiger partial charge < -0.3 is 14.5 Å². The molecule has 0 aliphatic heterocycles. The van der Waals surface area contributed by atoms with Crippen molar-refractivity contribution in [1.82, 2.24) is 20.5 Å². The van der Waals surface area contributed by atoms with Crippen LogP contribution in [0.25, 0.3) is 21.3 Å². The monoisotopic (exact) mass is 434 g/mol. The van der Waals surface area contributed by atoms with Gasteiger partial charge in [-0.05, 0) is 36.1 Å². The van der Waals surface area contributed by atoms with Crippen LogP contribution in [0.1, 0.15) is 29.6 Å². The highest BCUT2D eigenvalue weighted by Crippen LogP contribution is 2.35. The third-order valence-corrected chi connectivity index (χ3v) is 6.36. The second-order valence-electron chi connectivity index (χ2n) is 7.86. The number of nitrogens with one attached hydrogen (secondary N) is 1. The lowest BCUT2D eigenvalue weighted by atomic mass is 10.1. The van der Waals surface area contributed by atoms with Crippen molar-refractivity contribution in [2.45, 2.75) is 31.2 Å². The van der Waals surface area contributed by atoms with E-state index >= 15 is 0 Å². The van der Waals surface area contributed by atoms with Crippen LogP contribution in [0.4, 0.5) is 0 Å². The van der Waals surface area contributed by atoms with Gasteiger partial charge in [0.1, 0.15) is 11.4 Å². The molecule has 8 heteroatoms. The van der Waals surface area contributed by atoms with Crippen LogP contribution in [-0.2, 0) is 22.4 Å². The van der Waals surface area contributed by atoms with Gasteiger partial charge in [0, 0.05) is 7.11 Å². The van der Waals surface area contributed by atoms with Gasteiger partial charge in [-0.25, -0.2) is 4.98 Å². The second kappa shape index (κ2) is 8.20. The zero-order chi connectivity index (χ0) is 21.3. The lowest BCUT2D eigenvalue weighted by molar-refractivity contribution is -0.122. The first-order valence-corrected chi connectivity index (χ1v) is 11.0. The van der Waals surface area contributed by atoms with Crippen LogP contribution in [0, 0.1) is 0 Å². The smallest absolute Gasteiger partial charge is 0.229 e. The zero-order valence-corrected chi connectivity index (χ0v) is 17.9. The Hall–Kier alpha value is -3.10. The summed E-state index contributed by atoms with van der Waals surface area (Å²) in [5.74, 6) is 0.648. The second-order valence-corrected chi connectivity index (χ2v) is 8.98. The first kappa shape index (κ1) is 19.8. The van der Waals surface area contributed by atoms with E-state index in [2.05, 4.69) is 44.8 Å². The molecule has 1 saturated carbocycles. The van der Waals surface area contributed by atoms with Crippen molar-refractivity contribution in [3.8, 4) is 11.1 Å². The van der Waals surface area contributed by atoms with E-state index < -0.39 is 0 Å². The Bertz CT molecular complexity index is 1210. The van der Waals surface area contributed by atoms with Gasteiger partial charge in [0.15, 0.2) is 0 Å². The van der Waals surface area contributed by atoms with Crippen molar-refractivity contribution in [2.24, 2.45) is 0 Å². The predicted molar refractivity (Wildman–Crippen MR) is 118 cm³/mol. The molecule has 0 saturated heterocycles. The number of carbonyl (C=O) groups is 1. The van der Waals surface area contributed by atoms with Crippen LogP contribution in [0.3, 0.4) is 0 Å². The van der Waals surface area contributed by atoms with Crippen molar-refractivity contribution in [2.75, 3.05) is 13.7 Å². The number of amides is 1. The fraction of sp³-hybridized carbons (Fsp3) is 0.304. The van der Waals surface area contributed by atoms with Crippen LogP contribution >= 0.6 is 11.3 Å². The van der Waals surface area contributed by atoms with Gasteiger partial charge in [-0.1, -0.05) is 36.4 Å². The van der Waals surface area contributed by atoms with Crippen LogP contribution in [0.2, 0.25) is 0 Å². The van der Waals surface area contributed by atoms with E-state index in [9.17, 15) is 4.79 Å². The van der Waals surface area contributed by atoms with E-state index in [-0.39, 0.29) is 17.9 Å². The van der Waals surface area contributed by atoms with Gasteiger partial charge in [0.2, 0.25) is 17.7 Å². The normalized spacial score (nSPS) is 14.6. The van der Waals surface area contributed by atoms with Crippen LogP contribution < -0.4 is 5.32 Å². The number of nitrogens with zero attached hydrogens (tertiary/aromatic N) is 3. The van der Waals surface area contributed by atoms with Crippen molar-refractivity contribution in [1.29, 1.82) is 0 Å². The van der Waals surface area contributed by atoms with Crippen LogP contribution in [0.15, 0.2) is 52.9 Å². The molecule has 2 aromatic carbocycles. The number of hydrogen-bond donors (Lipinski definition) is 1. The lowest BCUT2D eigenvalue weighted by Gasteiger charge is -2.15. The van der Waals surface area contributed by atoms with E-state index in [1.54, 1.807) is 18.4 Å². The van der Waals surface area contributed by atoms with Gasteiger partial charge in [0.25, 0.3) is 0 Å². The average molecular weight is 435 g/mol. The fourth-order valence-corrected chi connectivity index (χ4v) is 4.63. The number of ether oxygens (including phenoxy) is 1. The highest BCUT2D eigenvalue weighted by atomic mass is 32.1. The van der Waals surface area contributed by atoms with Gasteiger partial charge in [-0.2, -0.15) is 0 Å². The minimum Gasteiger partial charge on any atom is -0.424 e. The Labute approximate surface area is 183 Å². The first-order valence-electron chi connectivity index (χ1n) is 10.2. The van der Waals surface area contributed by atoms with E-state index in [1.807, 2.05) is 24.3 Å². The summed E-state index contributed by atoms with van der Waals surface area (Å²) in [5, 5.41) is 12.0. The summed E-state index contributed by atoms with van der Waals surface area (Å²) in [5.41, 5.74) is 3.08. The molecule has 0 radical (unpaired) electrons. The van der Waals surface area contributed by atoms with Crippen molar-refractivity contribution < 1.29 is 13.9 Å². The maximum absolute atomic E-state index is 12.3. The molecule has 0 unspecified atom stereocenters. The Kier molecular flexibility index (Phi) is 5.25. The van der Waals surface area contributed by atoms with E-state index in [1.165, 1.54) is 5.56 Å². The molecule has 0 atom stereocenters. The van der Waals surface area contributed by atoms with Crippen molar-refractivity contribution in [3.63, 3.8) is 0 Å². The molecule has 4 aromatic rings. The molecule has 5 rings (SSSR count). The van der Waals surface area contributed by atoms with E-state index in [0.717, 1.165) is 33.6 Å². The minimum absolute atomic E-state index is 0.0682. The van der Waals surface area contributed by atoms with Gasteiger partial charge >= 0.3 is 0 Å². The van der Waals surface area contributed by atoms with Crippen molar-refractivity contribution in [3.05, 3.63) is 65.3 Å². The van der Waals surface area contributed by atoms with Crippen LogP contribution in [-0.4, -0.2) is 40.3 Å². The molecular weight excluding hydrogens is 412 g/mol. The SMILES string of the molecule is COCC1(NC(=O)Cc2nnc(Cc3nc4ccc(-c5ccccc5)cc4s3)o2)CC1. The molecule has 7 nitrogen and oxygen atoms in total. The fourth-order valence-electron chi connectivity index (χ4n) is 3.63. The Balaban J connectivity index is 1.25. The standard InChI is InChI=1S/C23H22N4O3S/c1-29-14-23(9-10-23)25-19(28)12-20-26-27-21(30-20)13-22-24-17-8-7-16(11-18(17)31-22)15-5-3-2-4-6-15/h2-8,11H,9-10,12-14H2,1H3,(H,25,28). The highest BCUT2D eigenvalue weighted by molar-refractivity contribution is 7.18. The number of methoxy groups -OCH3 is 1. The van der Waals surface area contributed by atoms with Crippen molar-refractivity contribution >= 4 is 27.5 Å². The van der Waals surface area contributed by atoms with Gasteiger partial charge in [0.05, 0.1) is 28.8 Å². The topological polar surface area (TPSA) is 90.1 Å². The van der Waals surface area contributed by atoms with E-state index in [0.29, 0.717) is 24.8 Å². The molecule has 31 heavy (non-hydrogen) atoms. The Morgan fingerprint density at radius 3 is 2.71 bits per heavy atom. The number of hydrogen-bond acceptors (Lipinski definition) is 7. The van der Waals surface area contributed by atoms with Gasteiger partial charge in [-0.3, -0.25) is 4.79 Å². The van der Waals surface area contributed by atoms with E-state index in [4.69, 9.17) is 9.15 Å². The number of fused-ring (bicyclic) bond motifs is 1. The summed E-state index contributed by atoms with van der Waals surface area (Å²) in [4.78, 5) is 17.0. The quantitative estimate of drug-likeness (QED) is 0.454. The van der Waals surface area contributed by atoms with Crippen LogP contribution in [0.5, 0.6) is 0 Å². The minimum atomic E-state index is -0.214. The Morgan fingerprint density at radius 2 is 1.94 bits per heavy atom. The highest BCUT2D eigenvalue weighted by Gasteiger charge is 2.44. The molecule has 158 valence electrons. The summed E-state index contributed by atoms with van der Waals surface area (Å²) in [6.07, 6.45) is 2.39. The summed E-state index contributed by atoms with van der Waals surface area (Å²) in [6.45, 7) is 0.525. The molecule has 1 amide bonds. The number of aromatic nitrogens is 3. The molecule has 2 heterocycles. The summed E-state index contributed by atoms with van der Waals surface area (Å²) in [7, 11) is 1.64. The lowest BCUT2D eigenvalue weighted by Crippen LogP contribution is -2.41. The third kappa shape index (κ3) is 4.50. The third-order valence-electron chi connectivity index (χ3n) is 5.34. The molecular formula is C23H22N4O3S.